The molecule has 0 aliphatic rings. The molecule has 142 valence electrons. The topological polar surface area (TPSA) is 62.9 Å². The summed E-state index contributed by atoms with van der Waals surface area (Å²) in [5.74, 6) is 1.27. The molecule has 2 rings (SSSR count). The van der Waals surface area contributed by atoms with Crippen LogP contribution in [0.1, 0.15) is 22.7 Å². The molecule has 1 unspecified atom stereocenters. The zero-order valence-corrected chi connectivity index (χ0v) is 18.4. The van der Waals surface area contributed by atoms with Crippen molar-refractivity contribution in [2.75, 3.05) is 33.1 Å². The van der Waals surface area contributed by atoms with Crippen molar-refractivity contribution >= 4 is 35.6 Å². The van der Waals surface area contributed by atoms with Gasteiger partial charge in [-0.25, -0.2) is 0 Å². The molecule has 0 saturated heterocycles. The second-order valence-corrected chi connectivity index (χ2v) is 6.45. The van der Waals surface area contributed by atoms with E-state index in [0.717, 1.165) is 17.0 Å². The maximum atomic E-state index is 6.09. The minimum absolute atomic E-state index is 0. The average Bonchev–Trinajstić information content (AvgIpc) is 2.54. The van der Waals surface area contributed by atoms with Crippen LogP contribution < -0.4 is 15.8 Å². The molecule has 3 N–H and O–H groups in total. The van der Waals surface area contributed by atoms with E-state index in [-0.39, 0.29) is 30.0 Å². The first-order valence-corrected chi connectivity index (χ1v) is 8.35. The number of nitrogens with one attached hydrogen (secondary N) is 1. The van der Waals surface area contributed by atoms with E-state index < -0.39 is 0 Å². The summed E-state index contributed by atoms with van der Waals surface area (Å²) < 4.78 is 5.48. The minimum Gasteiger partial charge on any atom is -0.496 e. The molecule has 1 atom stereocenters. The van der Waals surface area contributed by atoms with Gasteiger partial charge in [-0.1, -0.05) is 24.3 Å². The average molecular weight is 468 g/mol. The summed E-state index contributed by atoms with van der Waals surface area (Å²) in [6.45, 7) is 4.67. The number of aryl methyl sites for hydroxylation is 2. The van der Waals surface area contributed by atoms with Crippen molar-refractivity contribution in [2.24, 2.45) is 10.7 Å². The summed E-state index contributed by atoms with van der Waals surface area (Å²) in [6, 6.07) is 14.3. The summed E-state index contributed by atoms with van der Waals surface area (Å²) in [5.41, 5.74) is 10.5. The molecule has 0 aliphatic carbocycles. The van der Waals surface area contributed by atoms with E-state index in [1.54, 1.807) is 7.11 Å². The van der Waals surface area contributed by atoms with Crippen molar-refractivity contribution in [3.8, 4) is 5.75 Å². The number of guanidine groups is 1. The van der Waals surface area contributed by atoms with Crippen LogP contribution in [-0.2, 0) is 0 Å². The van der Waals surface area contributed by atoms with E-state index in [1.807, 2.05) is 32.3 Å². The highest BCUT2D eigenvalue weighted by Crippen LogP contribution is 2.28. The quantitative estimate of drug-likeness (QED) is 0.383. The van der Waals surface area contributed by atoms with Crippen LogP contribution in [0.15, 0.2) is 47.5 Å². The minimum atomic E-state index is 0. The van der Waals surface area contributed by atoms with Crippen LogP contribution in [0.3, 0.4) is 0 Å². The highest BCUT2D eigenvalue weighted by molar-refractivity contribution is 14.0. The number of anilines is 1. The van der Waals surface area contributed by atoms with Gasteiger partial charge in [-0.3, -0.25) is 4.99 Å². The number of likely N-dealkylation sites (N-methyl/N-ethyl adjacent to an activating group) is 1. The molecule has 26 heavy (non-hydrogen) atoms. The lowest BCUT2D eigenvalue weighted by atomic mass is 10.0. The Labute approximate surface area is 173 Å². The van der Waals surface area contributed by atoms with Crippen molar-refractivity contribution in [3.63, 3.8) is 0 Å². The zero-order valence-electron chi connectivity index (χ0n) is 16.1. The molecule has 0 radical (unpaired) electrons. The number of nitrogens with zero attached hydrogens (tertiary/aromatic N) is 2. The Bertz CT molecular complexity index is 726. The molecule has 0 bridgehead atoms. The number of nitrogens with two attached hydrogens (primary N) is 1. The van der Waals surface area contributed by atoms with Gasteiger partial charge in [-0.2, -0.15) is 0 Å². The Hall–Kier alpha value is -1.80. The summed E-state index contributed by atoms with van der Waals surface area (Å²) in [5, 5.41) is 3.18. The summed E-state index contributed by atoms with van der Waals surface area (Å²) in [6.07, 6.45) is 0. The molecule has 6 heteroatoms. The Morgan fingerprint density at radius 2 is 1.77 bits per heavy atom. The van der Waals surface area contributed by atoms with Gasteiger partial charge in [0, 0.05) is 11.3 Å². The number of aliphatic imine (C=N–C) groups is 1. The van der Waals surface area contributed by atoms with Gasteiger partial charge >= 0.3 is 0 Å². The van der Waals surface area contributed by atoms with Crippen molar-refractivity contribution in [1.29, 1.82) is 0 Å². The van der Waals surface area contributed by atoms with E-state index in [9.17, 15) is 0 Å². The van der Waals surface area contributed by atoms with Crippen LogP contribution in [-0.4, -0.2) is 38.6 Å². The number of ether oxygens (including phenoxy) is 1. The smallest absolute Gasteiger partial charge is 0.193 e. The second kappa shape index (κ2) is 10.4. The third-order valence-electron chi connectivity index (χ3n) is 4.05. The third kappa shape index (κ3) is 6.17. The highest BCUT2D eigenvalue weighted by Gasteiger charge is 2.17. The lowest BCUT2D eigenvalue weighted by Crippen LogP contribution is -2.27. The first-order valence-electron chi connectivity index (χ1n) is 8.35. The normalized spacial score (nSPS) is 12.5. The molecule has 0 amide bonds. The fourth-order valence-corrected chi connectivity index (χ4v) is 2.90. The van der Waals surface area contributed by atoms with E-state index in [0.29, 0.717) is 12.5 Å². The summed E-state index contributed by atoms with van der Waals surface area (Å²) in [4.78, 5) is 6.65. The van der Waals surface area contributed by atoms with Gasteiger partial charge in [-0.05, 0) is 57.3 Å². The third-order valence-corrected chi connectivity index (χ3v) is 4.05. The van der Waals surface area contributed by atoms with Gasteiger partial charge in [0.15, 0.2) is 5.96 Å². The number of hydrogen-bond donors (Lipinski definition) is 2. The Balaban J connectivity index is 0.00000338. The van der Waals surface area contributed by atoms with E-state index in [2.05, 4.69) is 53.3 Å². The highest BCUT2D eigenvalue weighted by atomic mass is 127. The van der Waals surface area contributed by atoms with Crippen molar-refractivity contribution in [2.45, 2.75) is 19.9 Å². The van der Waals surface area contributed by atoms with Gasteiger partial charge in [0.25, 0.3) is 0 Å². The van der Waals surface area contributed by atoms with Crippen LogP contribution in [0.5, 0.6) is 5.75 Å². The second-order valence-electron chi connectivity index (χ2n) is 6.45. The number of benzene rings is 2. The number of para-hydroxylation sites is 1. The number of halogens is 1. The van der Waals surface area contributed by atoms with Gasteiger partial charge in [-0.15, -0.1) is 24.0 Å². The summed E-state index contributed by atoms with van der Waals surface area (Å²) >= 11 is 0. The summed E-state index contributed by atoms with van der Waals surface area (Å²) in [7, 11) is 5.74. The van der Waals surface area contributed by atoms with E-state index in [4.69, 9.17) is 10.5 Å². The fraction of sp³-hybridized carbons (Fsp3) is 0.350. The largest absolute Gasteiger partial charge is 0.496 e. The predicted molar refractivity (Wildman–Crippen MR) is 121 cm³/mol. The van der Waals surface area contributed by atoms with Crippen LogP contribution in [0.2, 0.25) is 0 Å². The first-order chi connectivity index (χ1) is 11.9. The molecule has 0 fully saturated rings. The Morgan fingerprint density at radius 1 is 1.15 bits per heavy atom. The molecular weight excluding hydrogens is 439 g/mol. The predicted octanol–water partition coefficient (Wildman–Crippen LogP) is 3.96. The zero-order chi connectivity index (χ0) is 18.4. The molecule has 0 saturated carbocycles. The van der Waals surface area contributed by atoms with Crippen LogP contribution in [0.25, 0.3) is 0 Å². The number of rotatable bonds is 6. The van der Waals surface area contributed by atoms with Crippen molar-refractivity contribution in [1.82, 2.24) is 4.90 Å². The van der Waals surface area contributed by atoms with E-state index >= 15 is 0 Å². The van der Waals surface area contributed by atoms with Crippen molar-refractivity contribution < 1.29 is 4.74 Å². The van der Waals surface area contributed by atoms with E-state index in [1.165, 1.54) is 11.1 Å². The molecule has 0 aliphatic heterocycles. The maximum absolute atomic E-state index is 6.09. The maximum Gasteiger partial charge on any atom is 0.193 e. The van der Waals surface area contributed by atoms with Gasteiger partial charge < -0.3 is 20.7 Å². The molecule has 2 aromatic carbocycles. The molecular formula is C20H29IN4O. The molecule has 0 spiro atoms. The van der Waals surface area contributed by atoms with Gasteiger partial charge in [0.2, 0.25) is 0 Å². The van der Waals surface area contributed by atoms with Crippen LogP contribution in [0, 0.1) is 13.8 Å². The lowest BCUT2D eigenvalue weighted by molar-refractivity contribution is 0.295. The van der Waals surface area contributed by atoms with Crippen LogP contribution >= 0.6 is 24.0 Å². The lowest BCUT2D eigenvalue weighted by Gasteiger charge is -2.25. The molecule has 0 aromatic heterocycles. The first kappa shape index (κ1) is 22.2. The fourth-order valence-electron chi connectivity index (χ4n) is 2.90. The SMILES string of the molecule is COc1ccccc1C(CN=C(N)Nc1cc(C)cc(C)c1)N(C)C.I. The van der Waals surface area contributed by atoms with Crippen LogP contribution in [0.4, 0.5) is 5.69 Å². The standard InChI is InChI=1S/C20H28N4O.HI/c1-14-10-15(2)12-16(11-14)23-20(21)22-13-18(24(3)4)17-8-6-7-9-19(17)25-5;/h6-12,18H,13H2,1-5H3,(H3,21,22,23);1H. The number of hydrogen-bond acceptors (Lipinski definition) is 3. The Morgan fingerprint density at radius 3 is 2.35 bits per heavy atom. The monoisotopic (exact) mass is 468 g/mol. The van der Waals surface area contributed by atoms with Crippen molar-refractivity contribution in [3.05, 3.63) is 59.2 Å². The van der Waals surface area contributed by atoms with Gasteiger partial charge in [0.1, 0.15) is 5.75 Å². The van der Waals surface area contributed by atoms with Gasteiger partial charge in [0.05, 0.1) is 19.7 Å². The molecule has 5 nitrogen and oxygen atoms in total. The molecule has 2 aromatic rings. The Kier molecular flexibility index (Phi) is 8.87. The number of methoxy groups -OCH3 is 1. The molecule has 0 heterocycles.